The van der Waals surface area contributed by atoms with Crippen molar-refractivity contribution in [3.8, 4) is 11.5 Å². The van der Waals surface area contributed by atoms with Gasteiger partial charge < -0.3 is 19.5 Å². The number of esters is 1. The second kappa shape index (κ2) is 9.53. The van der Waals surface area contributed by atoms with Gasteiger partial charge >= 0.3 is 5.97 Å². The molecular weight excluding hydrogens is 390 g/mol. The minimum Gasteiger partial charge on any atom is -0.486 e. The van der Waals surface area contributed by atoms with Crippen LogP contribution >= 0.6 is 23.4 Å². The molecule has 0 radical (unpaired) electrons. The molecule has 0 unspecified atom stereocenters. The monoisotopic (exact) mass is 407 g/mol. The number of carbonyl (C=O) groups is 2. The fourth-order valence-corrected chi connectivity index (χ4v) is 3.07. The van der Waals surface area contributed by atoms with Crippen molar-refractivity contribution >= 4 is 40.9 Å². The zero-order chi connectivity index (χ0) is 19.1. The number of nitrogens with one attached hydrogen (secondary N) is 1. The highest BCUT2D eigenvalue weighted by Gasteiger charge is 2.22. The van der Waals surface area contributed by atoms with Gasteiger partial charge in [0.1, 0.15) is 13.2 Å². The van der Waals surface area contributed by atoms with E-state index in [1.807, 2.05) is 18.2 Å². The van der Waals surface area contributed by atoms with Gasteiger partial charge in [0.05, 0.1) is 11.5 Å². The number of ether oxygens (including phenoxy) is 3. The summed E-state index contributed by atoms with van der Waals surface area (Å²) in [5.41, 5.74) is 0.655. The Morgan fingerprint density at radius 3 is 2.63 bits per heavy atom. The summed E-state index contributed by atoms with van der Waals surface area (Å²) in [5, 5.41) is 3.33. The van der Waals surface area contributed by atoms with E-state index in [4.69, 9.17) is 25.8 Å². The minimum absolute atomic E-state index is 0.0815. The van der Waals surface area contributed by atoms with Gasteiger partial charge in [-0.05, 0) is 36.4 Å². The van der Waals surface area contributed by atoms with Crippen molar-refractivity contribution in [3.05, 3.63) is 53.6 Å². The standard InChI is InChI=1S/C19H18ClNO5S/c20-13-5-7-14(8-6-13)21-18(22)11-27-12-19(23)25-10-15-9-24-16-3-1-2-4-17(16)26-15/h1-8,15H,9-12H2,(H,21,22)/t15-/m0/s1. The molecule has 0 fully saturated rings. The molecule has 27 heavy (non-hydrogen) atoms. The fraction of sp³-hybridized carbons (Fsp3) is 0.263. The molecule has 1 heterocycles. The van der Waals surface area contributed by atoms with E-state index >= 15 is 0 Å². The number of carbonyl (C=O) groups excluding carboxylic acids is 2. The largest absolute Gasteiger partial charge is 0.486 e. The number of fused-ring (bicyclic) bond motifs is 1. The van der Waals surface area contributed by atoms with Crippen LogP contribution in [-0.4, -0.2) is 42.7 Å². The summed E-state index contributed by atoms with van der Waals surface area (Å²) < 4.78 is 16.5. The Bertz CT molecular complexity index is 799. The van der Waals surface area contributed by atoms with Gasteiger partial charge in [-0.25, -0.2) is 0 Å². The molecule has 0 bridgehead atoms. The minimum atomic E-state index is -0.401. The van der Waals surface area contributed by atoms with Crippen molar-refractivity contribution in [1.29, 1.82) is 0 Å². The molecule has 1 aliphatic rings. The highest BCUT2D eigenvalue weighted by Crippen LogP contribution is 2.30. The Labute approximate surface area is 166 Å². The fourth-order valence-electron chi connectivity index (χ4n) is 2.33. The SMILES string of the molecule is O=C(CSCC(=O)OC[C@@H]1COc2ccccc2O1)Nc1ccc(Cl)cc1. The van der Waals surface area contributed by atoms with E-state index in [9.17, 15) is 9.59 Å². The molecule has 1 N–H and O–H groups in total. The van der Waals surface area contributed by atoms with Crippen molar-refractivity contribution < 1.29 is 23.8 Å². The second-order valence-corrected chi connectivity index (χ2v) is 7.15. The molecule has 1 atom stereocenters. The Morgan fingerprint density at radius 2 is 1.85 bits per heavy atom. The predicted molar refractivity (Wildman–Crippen MR) is 105 cm³/mol. The van der Waals surface area contributed by atoms with Crippen molar-refractivity contribution in [2.24, 2.45) is 0 Å². The molecule has 0 saturated heterocycles. The van der Waals surface area contributed by atoms with E-state index in [-0.39, 0.29) is 30.1 Å². The topological polar surface area (TPSA) is 73.9 Å². The van der Waals surface area contributed by atoms with Crippen LogP contribution in [0.25, 0.3) is 0 Å². The molecule has 1 amide bonds. The summed E-state index contributed by atoms with van der Waals surface area (Å²) in [5.74, 6) is 0.949. The molecule has 8 heteroatoms. The van der Waals surface area contributed by atoms with Crippen LogP contribution in [0.3, 0.4) is 0 Å². The molecule has 0 saturated carbocycles. The number of anilines is 1. The van der Waals surface area contributed by atoms with Gasteiger partial charge in [-0.2, -0.15) is 0 Å². The second-order valence-electron chi connectivity index (χ2n) is 5.73. The van der Waals surface area contributed by atoms with Crippen LogP contribution in [0.2, 0.25) is 5.02 Å². The van der Waals surface area contributed by atoms with Gasteiger partial charge in [-0.3, -0.25) is 9.59 Å². The lowest BCUT2D eigenvalue weighted by atomic mass is 10.3. The third-order valence-electron chi connectivity index (χ3n) is 3.58. The summed E-state index contributed by atoms with van der Waals surface area (Å²) >= 11 is 6.97. The van der Waals surface area contributed by atoms with Crippen LogP contribution in [0.4, 0.5) is 5.69 Å². The van der Waals surface area contributed by atoms with Gasteiger partial charge in [0, 0.05) is 10.7 Å². The molecule has 0 spiro atoms. The van der Waals surface area contributed by atoms with Gasteiger partial charge in [-0.15, -0.1) is 11.8 Å². The zero-order valence-corrected chi connectivity index (χ0v) is 15.9. The molecule has 6 nitrogen and oxygen atoms in total. The van der Waals surface area contributed by atoms with E-state index in [1.165, 1.54) is 11.8 Å². The molecule has 2 aromatic rings. The van der Waals surface area contributed by atoms with Crippen LogP contribution in [0.5, 0.6) is 11.5 Å². The number of benzene rings is 2. The molecule has 0 aromatic heterocycles. The van der Waals surface area contributed by atoms with Gasteiger partial charge in [0.2, 0.25) is 5.91 Å². The van der Waals surface area contributed by atoms with E-state index in [1.54, 1.807) is 30.3 Å². The first-order valence-electron chi connectivity index (χ1n) is 8.27. The van der Waals surface area contributed by atoms with E-state index in [0.29, 0.717) is 28.8 Å². The average Bonchev–Trinajstić information content (AvgIpc) is 2.68. The van der Waals surface area contributed by atoms with Crippen LogP contribution in [0.1, 0.15) is 0 Å². The third-order valence-corrected chi connectivity index (χ3v) is 4.74. The Kier molecular flexibility index (Phi) is 6.84. The molecule has 142 valence electrons. The quantitative estimate of drug-likeness (QED) is 0.709. The number of hydrogen-bond acceptors (Lipinski definition) is 6. The lowest BCUT2D eigenvalue weighted by molar-refractivity contribution is -0.143. The Balaban J connectivity index is 1.32. The number of thioether (sulfide) groups is 1. The molecular formula is C19H18ClNO5S. The van der Waals surface area contributed by atoms with Crippen LogP contribution < -0.4 is 14.8 Å². The summed E-state index contributed by atoms with van der Waals surface area (Å²) in [6.07, 6.45) is -0.345. The summed E-state index contributed by atoms with van der Waals surface area (Å²) in [7, 11) is 0. The zero-order valence-electron chi connectivity index (χ0n) is 14.4. The van der Waals surface area contributed by atoms with Crippen LogP contribution in [0.15, 0.2) is 48.5 Å². The van der Waals surface area contributed by atoms with Crippen molar-refractivity contribution in [1.82, 2.24) is 0 Å². The van der Waals surface area contributed by atoms with Crippen LogP contribution in [0, 0.1) is 0 Å². The normalized spacial score (nSPS) is 15.1. The lowest BCUT2D eigenvalue weighted by Gasteiger charge is -2.25. The van der Waals surface area contributed by atoms with Gasteiger partial charge in [0.15, 0.2) is 17.6 Å². The van der Waals surface area contributed by atoms with Crippen molar-refractivity contribution in [3.63, 3.8) is 0 Å². The number of para-hydroxylation sites is 2. The lowest BCUT2D eigenvalue weighted by Crippen LogP contribution is -2.34. The number of rotatable bonds is 7. The molecule has 1 aliphatic heterocycles. The summed E-state index contributed by atoms with van der Waals surface area (Å²) in [6.45, 7) is 0.422. The highest BCUT2D eigenvalue weighted by molar-refractivity contribution is 8.00. The predicted octanol–water partition coefficient (Wildman–Crippen LogP) is 3.39. The highest BCUT2D eigenvalue weighted by atomic mass is 35.5. The number of amides is 1. The third kappa shape index (κ3) is 6.08. The van der Waals surface area contributed by atoms with Gasteiger partial charge in [-0.1, -0.05) is 23.7 Å². The summed E-state index contributed by atoms with van der Waals surface area (Å²) in [6, 6.07) is 14.1. The Morgan fingerprint density at radius 1 is 1.11 bits per heavy atom. The maximum atomic E-state index is 11.8. The first-order chi connectivity index (χ1) is 13.1. The summed E-state index contributed by atoms with van der Waals surface area (Å²) in [4.78, 5) is 23.7. The molecule has 3 rings (SSSR count). The molecule has 0 aliphatic carbocycles. The first-order valence-corrected chi connectivity index (χ1v) is 9.80. The maximum absolute atomic E-state index is 11.8. The van der Waals surface area contributed by atoms with E-state index < -0.39 is 5.97 Å². The number of hydrogen-bond donors (Lipinski definition) is 1. The van der Waals surface area contributed by atoms with Crippen LogP contribution in [-0.2, 0) is 14.3 Å². The van der Waals surface area contributed by atoms with Crippen molar-refractivity contribution in [2.45, 2.75) is 6.10 Å². The maximum Gasteiger partial charge on any atom is 0.316 e. The number of halogens is 1. The van der Waals surface area contributed by atoms with E-state index in [0.717, 1.165) is 0 Å². The van der Waals surface area contributed by atoms with E-state index in [2.05, 4.69) is 5.32 Å². The Hall–Kier alpha value is -2.38. The molecule has 2 aromatic carbocycles. The van der Waals surface area contributed by atoms with Crippen molar-refractivity contribution in [2.75, 3.05) is 30.0 Å². The first kappa shape index (κ1) is 19.4. The van der Waals surface area contributed by atoms with Gasteiger partial charge in [0.25, 0.3) is 0 Å². The average molecular weight is 408 g/mol. The smallest absolute Gasteiger partial charge is 0.316 e.